The van der Waals surface area contributed by atoms with Crippen LogP contribution in [0.15, 0.2) is 42.5 Å². The molecular weight excluding hydrogens is 269 g/mol. The average Bonchev–Trinajstić information content (AvgIpc) is 2.37. The first-order valence-electron chi connectivity index (χ1n) is 5.39. The first-order chi connectivity index (χ1) is 8.60. The molecule has 2 rings (SSSR count). The number of carbonyl (C=O) groups is 1. The quantitative estimate of drug-likeness (QED) is 0.884. The molecule has 0 bridgehead atoms. The van der Waals surface area contributed by atoms with Gasteiger partial charge in [-0.3, -0.25) is 4.79 Å². The number of nitrogens with one attached hydrogen (secondary N) is 1. The first-order valence-corrected chi connectivity index (χ1v) is 6.14. The van der Waals surface area contributed by atoms with E-state index in [1.807, 2.05) is 24.3 Å². The summed E-state index contributed by atoms with van der Waals surface area (Å²) in [5, 5.41) is 3.76. The van der Waals surface area contributed by atoms with Gasteiger partial charge in [0.15, 0.2) is 0 Å². The van der Waals surface area contributed by atoms with Crippen molar-refractivity contribution in [2.75, 3.05) is 7.05 Å². The monoisotopic (exact) mass is 279 g/mol. The molecule has 1 amide bonds. The fourth-order valence-corrected chi connectivity index (χ4v) is 2.20. The van der Waals surface area contributed by atoms with Gasteiger partial charge in [0.25, 0.3) is 5.91 Å². The Balaban J connectivity index is 2.37. The van der Waals surface area contributed by atoms with Crippen molar-refractivity contribution in [1.29, 1.82) is 0 Å². The predicted molar refractivity (Wildman–Crippen MR) is 75.3 cm³/mol. The van der Waals surface area contributed by atoms with Crippen LogP contribution >= 0.6 is 23.2 Å². The molecule has 2 nitrogen and oxygen atoms in total. The normalized spacial score (nSPS) is 10.2. The summed E-state index contributed by atoms with van der Waals surface area (Å²) in [6.07, 6.45) is 0. The number of rotatable bonds is 2. The molecule has 4 heteroatoms. The highest BCUT2D eigenvalue weighted by Crippen LogP contribution is 2.27. The van der Waals surface area contributed by atoms with Gasteiger partial charge in [-0.1, -0.05) is 35.3 Å². The van der Waals surface area contributed by atoms with Crippen molar-refractivity contribution >= 4 is 29.1 Å². The van der Waals surface area contributed by atoms with Gasteiger partial charge in [0.2, 0.25) is 0 Å². The summed E-state index contributed by atoms with van der Waals surface area (Å²) >= 11 is 11.9. The van der Waals surface area contributed by atoms with Crippen LogP contribution < -0.4 is 5.32 Å². The third kappa shape index (κ3) is 2.84. The van der Waals surface area contributed by atoms with Gasteiger partial charge >= 0.3 is 0 Å². The zero-order chi connectivity index (χ0) is 13.1. The van der Waals surface area contributed by atoms with Crippen molar-refractivity contribution < 1.29 is 4.79 Å². The zero-order valence-corrected chi connectivity index (χ0v) is 11.2. The van der Waals surface area contributed by atoms with E-state index in [-0.39, 0.29) is 5.91 Å². The van der Waals surface area contributed by atoms with Crippen LogP contribution in [-0.4, -0.2) is 13.0 Å². The summed E-state index contributed by atoms with van der Waals surface area (Å²) in [4.78, 5) is 11.4. The second-order valence-electron chi connectivity index (χ2n) is 3.81. The molecule has 0 heterocycles. The van der Waals surface area contributed by atoms with Crippen molar-refractivity contribution in [3.8, 4) is 11.1 Å². The van der Waals surface area contributed by atoms with Gasteiger partial charge in [-0.15, -0.1) is 0 Å². The Morgan fingerprint density at radius 2 is 1.50 bits per heavy atom. The van der Waals surface area contributed by atoms with Crippen molar-refractivity contribution in [3.05, 3.63) is 58.1 Å². The second kappa shape index (κ2) is 5.42. The highest BCUT2D eigenvalue weighted by molar-refractivity contribution is 6.35. The lowest BCUT2D eigenvalue weighted by Crippen LogP contribution is -2.17. The molecule has 1 N–H and O–H groups in total. The summed E-state index contributed by atoms with van der Waals surface area (Å²) < 4.78 is 0. The highest BCUT2D eigenvalue weighted by Gasteiger charge is 2.05. The van der Waals surface area contributed by atoms with Crippen molar-refractivity contribution in [2.24, 2.45) is 0 Å². The number of carbonyl (C=O) groups excluding carboxylic acids is 1. The molecule has 0 saturated carbocycles. The molecule has 0 atom stereocenters. The van der Waals surface area contributed by atoms with E-state index in [0.29, 0.717) is 15.6 Å². The number of benzene rings is 2. The van der Waals surface area contributed by atoms with Gasteiger partial charge in [-0.25, -0.2) is 0 Å². The highest BCUT2D eigenvalue weighted by atomic mass is 35.5. The van der Waals surface area contributed by atoms with Crippen LogP contribution in [0.4, 0.5) is 0 Å². The Labute approximate surface area is 116 Å². The molecule has 0 fully saturated rings. The van der Waals surface area contributed by atoms with E-state index in [2.05, 4.69) is 5.32 Å². The van der Waals surface area contributed by atoms with Crippen LogP contribution in [-0.2, 0) is 0 Å². The van der Waals surface area contributed by atoms with Gasteiger partial charge in [0.1, 0.15) is 0 Å². The van der Waals surface area contributed by atoms with Crippen LogP contribution in [0.1, 0.15) is 10.4 Å². The molecule has 0 radical (unpaired) electrons. The van der Waals surface area contributed by atoms with Gasteiger partial charge < -0.3 is 5.32 Å². The molecule has 92 valence electrons. The first kappa shape index (κ1) is 12.9. The smallest absolute Gasteiger partial charge is 0.251 e. The van der Waals surface area contributed by atoms with E-state index in [1.165, 1.54) is 0 Å². The predicted octanol–water partition coefficient (Wildman–Crippen LogP) is 4.02. The summed E-state index contributed by atoms with van der Waals surface area (Å²) in [6, 6.07) is 12.6. The maximum atomic E-state index is 11.4. The van der Waals surface area contributed by atoms with Gasteiger partial charge in [0, 0.05) is 22.7 Å². The molecule has 0 aliphatic carbocycles. The molecule has 0 unspecified atom stereocenters. The summed E-state index contributed by atoms with van der Waals surface area (Å²) in [5.41, 5.74) is 2.51. The van der Waals surface area contributed by atoms with Gasteiger partial charge in [-0.05, 0) is 41.5 Å². The fourth-order valence-electron chi connectivity index (χ4n) is 1.68. The number of amides is 1. The van der Waals surface area contributed by atoms with Gasteiger partial charge in [-0.2, -0.15) is 0 Å². The molecule has 0 aliphatic heterocycles. The molecule has 2 aromatic rings. The average molecular weight is 280 g/mol. The van der Waals surface area contributed by atoms with Gasteiger partial charge in [0.05, 0.1) is 0 Å². The Kier molecular flexibility index (Phi) is 3.90. The molecule has 0 spiro atoms. The standard InChI is InChI=1S/C14H11Cl2NO/c1-17-14(18)10-4-2-9(3-5-10)11-6-12(15)8-13(16)7-11/h2-8H,1H3,(H,17,18). The zero-order valence-electron chi connectivity index (χ0n) is 9.71. The summed E-state index contributed by atoms with van der Waals surface area (Å²) in [6.45, 7) is 0. The SMILES string of the molecule is CNC(=O)c1ccc(-c2cc(Cl)cc(Cl)c2)cc1. The Hall–Kier alpha value is -1.51. The van der Waals surface area contributed by atoms with E-state index in [1.54, 1.807) is 25.2 Å². The van der Waals surface area contributed by atoms with Crippen molar-refractivity contribution in [2.45, 2.75) is 0 Å². The fraction of sp³-hybridized carbons (Fsp3) is 0.0714. The number of halogens is 2. The lowest BCUT2D eigenvalue weighted by atomic mass is 10.0. The largest absolute Gasteiger partial charge is 0.355 e. The van der Waals surface area contributed by atoms with E-state index >= 15 is 0 Å². The topological polar surface area (TPSA) is 29.1 Å². The molecule has 18 heavy (non-hydrogen) atoms. The van der Waals surface area contributed by atoms with Crippen LogP contribution in [0.3, 0.4) is 0 Å². The molecule has 0 aliphatic rings. The third-order valence-corrected chi connectivity index (χ3v) is 3.01. The Morgan fingerprint density at radius 3 is 2.00 bits per heavy atom. The van der Waals surface area contributed by atoms with E-state index in [0.717, 1.165) is 11.1 Å². The van der Waals surface area contributed by atoms with Crippen LogP contribution in [0.5, 0.6) is 0 Å². The third-order valence-electron chi connectivity index (χ3n) is 2.57. The van der Waals surface area contributed by atoms with Crippen LogP contribution in [0.2, 0.25) is 10.0 Å². The minimum absolute atomic E-state index is 0.106. The minimum Gasteiger partial charge on any atom is -0.355 e. The second-order valence-corrected chi connectivity index (χ2v) is 4.69. The van der Waals surface area contributed by atoms with Crippen molar-refractivity contribution in [1.82, 2.24) is 5.32 Å². The maximum Gasteiger partial charge on any atom is 0.251 e. The summed E-state index contributed by atoms with van der Waals surface area (Å²) in [7, 11) is 1.60. The molecular formula is C14H11Cl2NO. The molecule has 2 aromatic carbocycles. The number of hydrogen-bond acceptors (Lipinski definition) is 1. The maximum absolute atomic E-state index is 11.4. The Morgan fingerprint density at radius 1 is 0.944 bits per heavy atom. The van der Waals surface area contributed by atoms with E-state index in [4.69, 9.17) is 23.2 Å². The summed E-state index contributed by atoms with van der Waals surface area (Å²) in [5.74, 6) is -0.106. The van der Waals surface area contributed by atoms with Crippen LogP contribution in [0, 0.1) is 0 Å². The van der Waals surface area contributed by atoms with E-state index in [9.17, 15) is 4.79 Å². The Bertz CT molecular complexity index is 559. The van der Waals surface area contributed by atoms with E-state index < -0.39 is 0 Å². The van der Waals surface area contributed by atoms with Crippen LogP contribution in [0.25, 0.3) is 11.1 Å². The lowest BCUT2D eigenvalue weighted by Gasteiger charge is -2.05. The lowest BCUT2D eigenvalue weighted by molar-refractivity contribution is 0.0963. The van der Waals surface area contributed by atoms with Crippen molar-refractivity contribution in [3.63, 3.8) is 0 Å². The molecule has 0 saturated heterocycles. The minimum atomic E-state index is -0.106. The number of hydrogen-bond donors (Lipinski definition) is 1. The molecule has 0 aromatic heterocycles.